The van der Waals surface area contributed by atoms with Crippen molar-refractivity contribution < 1.29 is 24.2 Å². The first-order valence-electron chi connectivity index (χ1n) is 4.78. The lowest BCUT2D eigenvalue weighted by Gasteiger charge is -2.09. The molecule has 1 aliphatic heterocycles. The van der Waals surface area contributed by atoms with E-state index in [9.17, 15) is 9.59 Å². The van der Waals surface area contributed by atoms with Gasteiger partial charge < -0.3 is 14.6 Å². The van der Waals surface area contributed by atoms with Gasteiger partial charge in [-0.1, -0.05) is 6.58 Å². The molecular formula is C10H14O5. The van der Waals surface area contributed by atoms with Crippen LogP contribution in [0.15, 0.2) is 12.2 Å². The third-order valence-corrected chi connectivity index (χ3v) is 2.11. The quantitative estimate of drug-likeness (QED) is 0.539. The SMILES string of the molecule is C=C(CC(=O)OCC1CCCO1)C(=O)O. The second kappa shape index (κ2) is 5.50. The van der Waals surface area contributed by atoms with Crippen LogP contribution in [0.5, 0.6) is 0 Å². The Labute approximate surface area is 87.7 Å². The molecule has 0 aromatic heterocycles. The topological polar surface area (TPSA) is 72.8 Å². The van der Waals surface area contributed by atoms with Crippen molar-refractivity contribution in [3.63, 3.8) is 0 Å². The highest BCUT2D eigenvalue weighted by atomic mass is 16.6. The van der Waals surface area contributed by atoms with Gasteiger partial charge in [0.1, 0.15) is 6.61 Å². The number of hydrogen-bond donors (Lipinski definition) is 1. The number of carboxylic acid groups (broad SMARTS) is 1. The van der Waals surface area contributed by atoms with Crippen molar-refractivity contribution in [1.29, 1.82) is 0 Å². The van der Waals surface area contributed by atoms with Crippen LogP contribution in [0, 0.1) is 0 Å². The molecule has 1 unspecified atom stereocenters. The lowest BCUT2D eigenvalue weighted by Crippen LogP contribution is -2.18. The summed E-state index contributed by atoms with van der Waals surface area (Å²) in [6.45, 7) is 4.14. The third kappa shape index (κ3) is 4.12. The predicted molar refractivity (Wildman–Crippen MR) is 51.3 cm³/mol. The molecule has 0 amide bonds. The van der Waals surface area contributed by atoms with Crippen LogP contribution in [0.25, 0.3) is 0 Å². The van der Waals surface area contributed by atoms with Crippen molar-refractivity contribution in [1.82, 2.24) is 0 Å². The van der Waals surface area contributed by atoms with Gasteiger partial charge >= 0.3 is 11.9 Å². The lowest BCUT2D eigenvalue weighted by molar-refractivity contribution is -0.147. The average molecular weight is 214 g/mol. The van der Waals surface area contributed by atoms with Gasteiger partial charge in [0.05, 0.1) is 12.5 Å². The monoisotopic (exact) mass is 214 g/mol. The standard InChI is InChI=1S/C10H14O5/c1-7(10(12)13)5-9(11)15-6-8-3-2-4-14-8/h8H,1-6H2,(H,12,13). The second-order valence-electron chi connectivity index (χ2n) is 3.40. The maximum atomic E-state index is 11.1. The van der Waals surface area contributed by atoms with Crippen LogP contribution in [-0.4, -0.2) is 36.4 Å². The Hall–Kier alpha value is -1.36. The molecule has 1 atom stereocenters. The molecule has 1 fully saturated rings. The van der Waals surface area contributed by atoms with Crippen LogP contribution in [0.2, 0.25) is 0 Å². The minimum Gasteiger partial charge on any atom is -0.478 e. The van der Waals surface area contributed by atoms with Crippen LogP contribution < -0.4 is 0 Å². The number of carbonyl (C=O) groups excluding carboxylic acids is 1. The maximum Gasteiger partial charge on any atom is 0.331 e. The van der Waals surface area contributed by atoms with E-state index < -0.39 is 11.9 Å². The van der Waals surface area contributed by atoms with Gasteiger partial charge in [-0.05, 0) is 12.8 Å². The number of carbonyl (C=O) groups is 2. The van der Waals surface area contributed by atoms with Crippen molar-refractivity contribution in [3.05, 3.63) is 12.2 Å². The fourth-order valence-corrected chi connectivity index (χ4v) is 1.26. The van der Waals surface area contributed by atoms with Crippen molar-refractivity contribution >= 4 is 11.9 Å². The number of carboxylic acids is 1. The summed E-state index contributed by atoms with van der Waals surface area (Å²) < 4.78 is 10.1. The minimum atomic E-state index is -1.18. The molecule has 0 aromatic rings. The Morgan fingerprint density at radius 1 is 1.53 bits per heavy atom. The fraction of sp³-hybridized carbons (Fsp3) is 0.600. The van der Waals surface area contributed by atoms with Crippen molar-refractivity contribution in [2.24, 2.45) is 0 Å². The van der Waals surface area contributed by atoms with Crippen molar-refractivity contribution in [3.8, 4) is 0 Å². The van der Waals surface area contributed by atoms with Gasteiger partial charge in [0.25, 0.3) is 0 Å². The average Bonchev–Trinajstić information content (AvgIpc) is 2.66. The molecule has 5 nitrogen and oxygen atoms in total. The molecule has 15 heavy (non-hydrogen) atoms. The van der Waals surface area contributed by atoms with Gasteiger partial charge in [-0.15, -0.1) is 0 Å². The molecule has 0 saturated carbocycles. The molecule has 1 heterocycles. The largest absolute Gasteiger partial charge is 0.478 e. The van der Waals surface area contributed by atoms with Gasteiger partial charge in [0.15, 0.2) is 0 Å². The van der Waals surface area contributed by atoms with Crippen LogP contribution >= 0.6 is 0 Å². The van der Waals surface area contributed by atoms with E-state index in [2.05, 4.69) is 6.58 Å². The van der Waals surface area contributed by atoms with Crippen molar-refractivity contribution in [2.75, 3.05) is 13.2 Å². The van der Waals surface area contributed by atoms with Crippen LogP contribution in [0.4, 0.5) is 0 Å². The summed E-state index contributed by atoms with van der Waals surface area (Å²) in [6, 6.07) is 0. The third-order valence-electron chi connectivity index (χ3n) is 2.11. The summed E-state index contributed by atoms with van der Waals surface area (Å²) in [5.41, 5.74) is -0.160. The molecule has 0 radical (unpaired) electrons. The minimum absolute atomic E-state index is 0.0351. The van der Waals surface area contributed by atoms with Crippen LogP contribution in [-0.2, 0) is 19.1 Å². The zero-order valence-electron chi connectivity index (χ0n) is 8.40. The van der Waals surface area contributed by atoms with E-state index in [0.717, 1.165) is 12.8 Å². The highest BCUT2D eigenvalue weighted by Crippen LogP contribution is 2.12. The molecular weight excluding hydrogens is 200 g/mol. The van der Waals surface area contributed by atoms with E-state index in [1.165, 1.54) is 0 Å². The molecule has 5 heteroatoms. The smallest absolute Gasteiger partial charge is 0.331 e. The highest BCUT2D eigenvalue weighted by molar-refractivity contribution is 5.91. The molecule has 0 spiro atoms. The summed E-state index contributed by atoms with van der Waals surface area (Å²) in [7, 11) is 0. The normalized spacial score (nSPS) is 19.9. The Balaban J connectivity index is 2.18. The summed E-state index contributed by atoms with van der Waals surface area (Å²) in [5.74, 6) is -1.75. The Bertz CT molecular complexity index is 265. The maximum absolute atomic E-state index is 11.1. The molecule has 0 bridgehead atoms. The van der Waals surface area contributed by atoms with Gasteiger partial charge in [0.2, 0.25) is 0 Å². The number of esters is 1. The zero-order valence-corrected chi connectivity index (χ0v) is 8.40. The number of hydrogen-bond acceptors (Lipinski definition) is 4. The van der Waals surface area contributed by atoms with Gasteiger partial charge in [0, 0.05) is 12.2 Å². The first kappa shape index (κ1) is 11.7. The molecule has 1 saturated heterocycles. The van der Waals surface area contributed by atoms with E-state index in [4.69, 9.17) is 14.6 Å². The molecule has 1 N–H and O–H groups in total. The van der Waals surface area contributed by atoms with Gasteiger partial charge in [-0.2, -0.15) is 0 Å². The van der Waals surface area contributed by atoms with Gasteiger partial charge in [-0.25, -0.2) is 4.79 Å². The van der Waals surface area contributed by atoms with E-state index in [-0.39, 0.29) is 24.7 Å². The Morgan fingerprint density at radius 3 is 2.80 bits per heavy atom. The highest BCUT2D eigenvalue weighted by Gasteiger charge is 2.18. The predicted octanol–water partition coefficient (Wildman–Crippen LogP) is 0.739. The molecule has 1 rings (SSSR count). The van der Waals surface area contributed by atoms with E-state index in [1.807, 2.05) is 0 Å². The summed E-state index contributed by atoms with van der Waals surface area (Å²) in [6.07, 6.45) is 1.55. The fourth-order valence-electron chi connectivity index (χ4n) is 1.26. The van der Waals surface area contributed by atoms with E-state index >= 15 is 0 Å². The summed E-state index contributed by atoms with van der Waals surface area (Å²) in [5, 5.41) is 8.48. The van der Waals surface area contributed by atoms with Crippen LogP contribution in [0.1, 0.15) is 19.3 Å². The number of rotatable bonds is 5. The molecule has 0 aromatic carbocycles. The Kier molecular flexibility index (Phi) is 4.30. The van der Waals surface area contributed by atoms with E-state index in [0.29, 0.717) is 6.61 Å². The van der Waals surface area contributed by atoms with Crippen molar-refractivity contribution in [2.45, 2.75) is 25.4 Å². The van der Waals surface area contributed by atoms with Gasteiger partial charge in [-0.3, -0.25) is 4.79 Å². The van der Waals surface area contributed by atoms with E-state index in [1.54, 1.807) is 0 Å². The first-order chi connectivity index (χ1) is 7.09. The summed E-state index contributed by atoms with van der Waals surface area (Å²) in [4.78, 5) is 21.5. The molecule has 84 valence electrons. The second-order valence-corrected chi connectivity index (χ2v) is 3.40. The number of ether oxygens (including phenoxy) is 2. The summed E-state index contributed by atoms with van der Waals surface area (Å²) >= 11 is 0. The molecule has 0 aliphatic carbocycles. The zero-order chi connectivity index (χ0) is 11.3. The number of aliphatic carboxylic acids is 1. The lowest BCUT2D eigenvalue weighted by atomic mass is 10.2. The van der Waals surface area contributed by atoms with Crippen LogP contribution in [0.3, 0.4) is 0 Å². The molecule has 1 aliphatic rings. The first-order valence-corrected chi connectivity index (χ1v) is 4.78. The Morgan fingerprint density at radius 2 is 2.27 bits per heavy atom.